The first-order valence-corrected chi connectivity index (χ1v) is 4.05. The fourth-order valence-electron chi connectivity index (χ4n) is 0.866. The minimum absolute atomic E-state index is 0.207. The number of rotatable bonds is 4. The highest BCUT2D eigenvalue weighted by Gasteiger charge is 2.03. The number of hydrogen-bond donors (Lipinski definition) is 0. The Hall–Kier alpha value is -1.37. The summed E-state index contributed by atoms with van der Waals surface area (Å²) in [5, 5.41) is 12.1. The lowest BCUT2D eigenvalue weighted by atomic mass is 10.2. The molecule has 0 aliphatic carbocycles. The average Bonchev–Trinajstić information content (AvgIpc) is 2.50. The molecule has 0 N–H and O–H groups in total. The lowest BCUT2D eigenvalue weighted by Gasteiger charge is -1.87. The van der Waals surface area contributed by atoms with Gasteiger partial charge >= 0.3 is 0 Å². The van der Waals surface area contributed by atoms with Gasteiger partial charge in [-0.3, -0.25) is 0 Å². The van der Waals surface area contributed by atoms with Gasteiger partial charge in [0.25, 0.3) is 0 Å². The Morgan fingerprint density at radius 2 is 2.42 bits per heavy atom. The molecule has 0 aliphatic heterocycles. The monoisotopic (exact) mass is 165 g/mol. The molecular weight excluding hydrogens is 154 g/mol. The van der Waals surface area contributed by atoms with Gasteiger partial charge < -0.3 is 4.52 Å². The Kier molecular flexibility index (Phi) is 3.27. The summed E-state index contributed by atoms with van der Waals surface area (Å²) >= 11 is 0. The first-order chi connectivity index (χ1) is 5.86. The van der Waals surface area contributed by atoms with Crippen LogP contribution in [0.4, 0.5) is 0 Å². The molecule has 4 heteroatoms. The van der Waals surface area contributed by atoms with Crippen LogP contribution in [-0.4, -0.2) is 10.1 Å². The zero-order chi connectivity index (χ0) is 8.81. The summed E-state index contributed by atoms with van der Waals surface area (Å²) < 4.78 is 4.82. The maximum atomic E-state index is 8.33. The summed E-state index contributed by atoms with van der Waals surface area (Å²) in [6, 6.07) is 1.96. The Labute approximate surface area is 71.2 Å². The topological polar surface area (TPSA) is 62.7 Å². The van der Waals surface area contributed by atoms with Crippen LogP contribution in [-0.2, 0) is 12.8 Å². The zero-order valence-electron chi connectivity index (χ0n) is 7.08. The van der Waals surface area contributed by atoms with E-state index >= 15 is 0 Å². The second-order valence-electron chi connectivity index (χ2n) is 2.54. The summed E-state index contributed by atoms with van der Waals surface area (Å²) in [5.74, 6) is 1.13. The molecule has 0 aliphatic rings. The van der Waals surface area contributed by atoms with Crippen LogP contribution in [0.2, 0.25) is 0 Å². The SMILES string of the molecule is CCCCc1noc(CC#N)n1. The van der Waals surface area contributed by atoms with Crippen LogP contribution >= 0.6 is 0 Å². The van der Waals surface area contributed by atoms with E-state index in [9.17, 15) is 0 Å². The standard InChI is InChI=1S/C8H11N3O/c1-2-3-4-7-10-8(5-6-9)12-11-7/h2-5H2,1H3. The van der Waals surface area contributed by atoms with Gasteiger partial charge in [0.05, 0.1) is 6.07 Å². The van der Waals surface area contributed by atoms with Crippen molar-refractivity contribution in [3.05, 3.63) is 11.7 Å². The van der Waals surface area contributed by atoms with Crippen molar-refractivity contribution in [1.82, 2.24) is 10.1 Å². The minimum atomic E-state index is 0.207. The molecule has 0 saturated carbocycles. The summed E-state index contributed by atoms with van der Waals surface area (Å²) in [5.41, 5.74) is 0. The van der Waals surface area contributed by atoms with E-state index in [0.29, 0.717) is 11.7 Å². The largest absolute Gasteiger partial charge is 0.338 e. The molecule has 12 heavy (non-hydrogen) atoms. The normalized spacial score (nSPS) is 9.67. The number of unbranched alkanes of at least 4 members (excludes halogenated alkanes) is 1. The fraction of sp³-hybridized carbons (Fsp3) is 0.625. The van der Waals surface area contributed by atoms with Crippen molar-refractivity contribution in [2.45, 2.75) is 32.6 Å². The number of nitriles is 1. The van der Waals surface area contributed by atoms with Crippen molar-refractivity contribution in [3.63, 3.8) is 0 Å². The van der Waals surface area contributed by atoms with Crippen LogP contribution in [0.5, 0.6) is 0 Å². The molecule has 0 atom stereocenters. The van der Waals surface area contributed by atoms with Gasteiger partial charge in [-0.25, -0.2) is 0 Å². The molecule has 0 unspecified atom stereocenters. The van der Waals surface area contributed by atoms with Gasteiger partial charge in [0, 0.05) is 6.42 Å². The highest BCUT2D eigenvalue weighted by Crippen LogP contribution is 2.01. The predicted octanol–water partition coefficient (Wildman–Crippen LogP) is 1.48. The zero-order valence-corrected chi connectivity index (χ0v) is 7.08. The number of nitrogens with zero attached hydrogens (tertiary/aromatic N) is 3. The van der Waals surface area contributed by atoms with Gasteiger partial charge in [0.1, 0.15) is 6.42 Å². The first kappa shape index (κ1) is 8.72. The van der Waals surface area contributed by atoms with Crippen LogP contribution in [0.15, 0.2) is 4.52 Å². The highest BCUT2D eigenvalue weighted by atomic mass is 16.5. The van der Waals surface area contributed by atoms with Crippen molar-refractivity contribution in [3.8, 4) is 6.07 Å². The van der Waals surface area contributed by atoms with Crippen LogP contribution in [0, 0.1) is 11.3 Å². The molecule has 1 heterocycles. The molecule has 0 saturated heterocycles. The van der Waals surface area contributed by atoms with E-state index in [4.69, 9.17) is 9.78 Å². The van der Waals surface area contributed by atoms with E-state index in [1.54, 1.807) is 0 Å². The molecule has 1 aromatic heterocycles. The summed E-state index contributed by atoms with van der Waals surface area (Å²) in [4.78, 5) is 4.04. The van der Waals surface area contributed by atoms with Crippen LogP contribution in [0.25, 0.3) is 0 Å². The summed E-state index contributed by atoms with van der Waals surface area (Å²) in [7, 11) is 0. The molecule has 4 nitrogen and oxygen atoms in total. The minimum Gasteiger partial charge on any atom is -0.338 e. The third-order valence-electron chi connectivity index (χ3n) is 1.49. The molecule has 64 valence electrons. The van der Waals surface area contributed by atoms with E-state index < -0.39 is 0 Å². The number of aromatic nitrogens is 2. The highest BCUT2D eigenvalue weighted by molar-refractivity contribution is 4.92. The molecule has 1 rings (SSSR count). The van der Waals surface area contributed by atoms with Gasteiger partial charge in [-0.2, -0.15) is 10.2 Å². The van der Waals surface area contributed by atoms with Crippen molar-refractivity contribution < 1.29 is 4.52 Å². The van der Waals surface area contributed by atoms with Gasteiger partial charge in [-0.05, 0) is 6.42 Å². The molecule has 0 radical (unpaired) electrons. The quantitative estimate of drug-likeness (QED) is 0.677. The van der Waals surface area contributed by atoms with E-state index in [-0.39, 0.29) is 6.42 Å². The Morgan fingerprint density at radius 3 is 3.08 bits per heavy atom. The Balaban J connectivity index is 2.48. The maximum Gasteiger partial charge on any atom is 0.240 e. The second kappa shape index (κ2) is 4.50. The second-order valence-corrected chi connectivity index (χ2v) is 2.54. The molecular formula is C8H11N3O. The third-order valence-corrected chi connectivity index (χ3v) is 1.49. The summed E-state index contributed by atoms with van der Waals surface area (Å²) in [6.45, 7) is 2.11. The van der Waals surface area contributed by atoms with Gasteiger partial charge in [-0.1, -0.05) is 18.5 Å². The van der Waals surface area contributed by atoms with Crippen LogP contribution in [0.1, 0.15) is 31.5 Å². The van der Waals surface area contributed by atoms with E-state index in [2.05, 4.69) is 17.1 Å². The van der Waals surface area contributed by atoms with Crippen LogP contribution < -0.4 is 0 Å². The van der Waals surface area contributed by atoms with Gasteiger partial charge in [0.15, 0.2) is 5.82 Å². The van der Waals surface area contributed by atoms with E-state index in [0.717, 1.165) is 19.3 Å². The smallest absolute Gasteiger partial charge is 0.240 e. The Morgan fingerprint density at radius 1 is 1.58 bits per heavy atom. The van der Waals surface area contributed by atoms with Crippen molar-refractivity contribution in [2.75, 3.05) is 0 Å². The van der Waals surface area contributed by atoms with E-state index in [1.165, 1.54) is 0 Å². The van der Waals surface area contributed by atoms with Gasteiger partial charge in [-0.15, -0.1) is 0 Å². The fourth-order valence-corrected chi connectivity index (χ4v) is 0.866. The first-order valence-electron chi connectivity index (χ1n) is 4.05. The molecule has 0 amide bonds. The molecule has 0 bridgehead atoms. The molecule has 1 aromatic rings. The lowest BCUT2D eigenvalue weighted by molar-refractivity contribution is 0.380. The Bertz CT molecular complexity index is 274. The molecule has 0 aromatic carbocycles. The summed E-state index contributed by atoms with van der Waals surface area (Å²) in [6.07, 6.45) is 3.22. The van der Waals surface area contributed by atoms with Gasteiger partial charge in [0.2, 0.25) is 5.89 Å². The lowest BCUT2D eigenvalue weighted by Crippen LogP contribution is -1.88. The average molecular weight is 165 g/mol. The van der Waals surface area contributed by atoms with Crippen molar-refractivity contribution >= 4 is 0 Å². The maximum absolute atomic E-state index is 8.33. The van der Waals surface area contributed by atoms with Crippen molar-refractivity contribution in [1.29, 1.82) is 5.26 Å². The molecule has 0 fully saturated rings. The predicted molar refractivity (Wildman–Crippen MR) is 42.2 cm³/mol. The third kappa shape index (κ3) is 2.35. The van der Waals surface area contributed by atoms with Crippen LogP contribution in [0.3, 0.4) is 0 Å². The van der Waals surface area contributed by atoms with Crippen molar-refractivity contribution in [2.24, 2.45) is 0 Å². The number of aryl methyl sites for hydroxylation is 1. The molecule has 0 spiro atoms. The number of hydrogen-bond acceptors (Lipinski definition) is 4. The van der Waals surface area contributed by atoms with E-state index in [1.807, 2.05) is 6.07 Å².